The van der Waals surface area contributed by atoms with Gasteiger partial charge in [-0.3, -0.25) is 24.8 Å². The Hall–Kier alpha value is -4.49. The van der Waals surface area contributed by atoms with Crippen LogP contribution in [0, 0.1) is 10.1 Å². The van der Waals surface area contributed by atoms with E-state index in [9.17, 15) is 24.5 Å². The van der Waals surface area contributed by atoms with Crippen LogP contribution in [0.25, 0.3) is 16.7 Å². The number of hydrogen-bond donors (Lipinski definition) is 3. The van der Waals surface area contributed by atoms with Crippen LogP contribution in [0.3, 0.4) is 0 Å². The molecule has 4 rings (SSSR count). The van der Waals surface area contributed by atoms with Gasteiger partial charge >= 0.3 is 12.1 Å². The van der Waals surface area contributed by atoms with E-state index >= 15 is 0 Å². The van der Waals surface area contributed by atoms with E-state index in [2.05, 4.69) is 20.3 Å². The number of hydrogen-bond acceptors (Lipinski definition) is 8. The number of aromatic amines is 1. The number of amides is 1. The number of H-pyrrole nitrogens is 1. The van der Waals surface area contributed by atoms with Crippen LogP contribution in [0.4, 0.5) is 16.2 Å². The van der Waals surface area contributed by atoms with Crippen molar-refractivity contribution < 1.29 is 24.4 Å². The molecule has 0 aliphatic rings. The minimum atomic E-state index is -1.54. The molecule has 15 heteroatoms. The molecule has 1 amide bonds. The fourth-order valence-electron chi connectivity index (χ4n) is 3.04. The van der Waals surface area contributed by atoms with Crippen LogP contribution in [-0.2, 0) is 11.3 Å². The first-order chi connectivity index (χ1) is 16.2. The third kappa shape index (κ3) is 5.54. The summed E-state index contributed by atoms with van der Waals surface area (Å²) in [5.41, 5.74) is -1.40. The highest BCUT2D eigenvalue weighted by molar-refractivity contribution is 6.30. The number of aromatic nitrogens is 4. The van der Waals surface area contributed by atoms with E-state index in [1.54, 1.807) is 18.2 Å². The molecule has 0 aliphatic heterocycles. The molecule has 0 saturated heterocycles. The summed E-state index contributed by atoms with van der Waals surface area (Å²) in [6, 6.07) is 8.77. The minimum Gasteiger partial charge on any atom is -0.476 e. The van der Waals surface area contributed by atoms with Crippen molar-refractivity contribution >= 4 is 58.5 Å². The highest BCUT2D eigenvalue weighted by Gasteiger charge is 2.21. The average Bonchev–Trinajstić information content (AvgIpc) is 3.25. The minimum absolute atomic E-state index is 0. The molecule has 0 bridgehead atoms. The van der Waals surface area contributed by atoms with Crippen LogP contribution < -0.4 is 10.9 Å². The van der Waals surface area contributed by atoms with E-state index in [0.29, 0.717) is 10.7 Å². The monoisotopic (exact) mass is 520 g/mol. The van der Waals surface area contributed by atoms with Crippen molar-refractivity contribution in [3.63, 3.8) is 0 Å². The highest BCUT2D eigenvalue weighted by Crippen LogP contribution is 2.27. The summed E-state index contributed by atoms with van der Waals surface area (Å²) in [5, 5.41) is 23.6. The first kappa shape index (κ1) is 25.1. The number of benzene rings is 2. The van der Waals surface area contributed by atoms with Gasteiger partial charge in [-0.2, -0.15) is 0 Å². The van der Waals surface area contributed by atoms with E-state index in [1.807, 2.05) is 0 Å². The maximum Gasteiger partial charge on any atom is 0.412 e. The van der Waals surface area contributed by atoms with Gasteiger partial charge in [0.05, 0.1) is 28.0 Å². The molecule has 13 nitrogen and oxygen atoms in total. The lowest BCUT2D eigenvalue weighted by Crippen LogP contribution is -2.20. The Morgan fingerprint density at radius 1 is 1.29 bits per heavy atom. The number of carbonyl (C=O) groups excluding carboxylic acids is 1. The summed E-state index contributed by atoms with van der Waals surface area (Å²) < 4.78 is 6.39. The number of nitro benzene ring substituents is 1. The van der Waals surface area contributed by atoms with E-state index in [0.717, 1.165) is 6.07 Å². The van der Waals surface area contributed by atoms with Crippen molar-refractivity contribution in [2.45, 2.75) is 6.61 Å². The molecule has 0 saturated carbocycles. The summed E-state index contributed by atoms with van der Waals surface area (Å²) in [6.45, 7) is -0.241. The molecule has 0 atom stereocenters. The number of nitrogens with one attached hydrogen (secondary N) is 2. The summed E-state index contributed by atoms with van der Waals surface area (Å²) in [5.74, 6) is -1.54. The lowest BCUT2D eigenvalue weighted by atomic mass is 10.2. The summed E-state index contributed by atoms with van der Waals surface area (Å²) in [4.78, 5) is 56.1. The maximum absolute atomic E-state index is 12.0. The smallest absolute Gasteiger partial charge is 0.412 e. The second-order valence-corrected chi connectivity index (χ2v) is 7.26. The molecule has 3 N–H and O–H groups in total. The van der Waals surface area contributed by atoms with Gasteiger partial charge < -0.3 is 14.8 Å². The fraction of sp³-hybridized carbons (Fsp3) is 0.0500. The molecular formula is C20H14Cl2N6O7. The van der Waals surface area contributed by atoms with Crippen molar-refractivity contribution in [1.29, 1.82) is 0 Å². The molecule has 2 aromatic carbocycles. The number of carboxylic acids is 1. The van der Waals surface area contributed by atoms with Crippen LogP contribution in [0.2, 0.25) is 5.02 Å². The van der Waals surface area contributed by atoms with Gasteiger partial charge in [-0.25, -0.2) is 19.6 Å². The summed E-state index contributed by atoms with van der Waals surface area (Å²) >= 11 is 5.86. The van der Waals surface area contributed by atoms with Crippen LogP contribution in [0.15, 0.2) is 53.7 Å². The summed E-state index contributed by atoms with van der Waals surface area (Å²) in [7, 11) is 0. The number of ether oxygens (including phenoxy) is 1. The number of nitrogens with zero attached hydrogens (tertiary/aromatic N) is 4. The topological polar surface area (TPSA) is 182 Å². The highest BCUT2D eigenvalue weighted by atomic mass is 35.5. The van der Waals surface area contributed by atoms with Gasteiger partial charge in [-0.1, -0.05) is 17.7 Å². The zero-order valence-corrected chi connectivity index (χ0v) is 18.9. The van der Waals surface area contributed by atoms with Gasteiger partial charge in [0, 0.05) is 23.0 Å². The third-order valence-corrected chi connectivity index (χ3v) is 4.76. The van der Waals surface area contributed by atoms with Gasteiger partial charge in [0.1, 0.15) is 12.3 Å². The average molecular weight is 521 g/mol. The Labute approximate surface area is 205 Å². The molecule has 0 fully saturated rings. The number of anilines is 1. The molecule has 180 valence electrons. The van der Waals surface area contributed by atoms with Crippen LogP contribution >= 0.6 is 24.0 Å². The van der Waals surface area contributed by atoms with E-state index < -0.39 is 33.9 Å². The third-order valence-electron chi connectivity index (χ3n) is 4.52. The molecular weight excluding hydrogens is 507 g/mol. The van der Waals surface area contributed by atoms with Crippen molar-refractivity contribution in [3.05, 3.63) is 85.8 Å². The quantitative estimate of drug-likeness (QED) is 0.252. The lowest BCUT2D eigenvalue weighted by molar-refractivity contribution is -0.384. The number of imidazole rings is 1. The Bertz CT molecular complexity index is 1520. The standard InChI is InChI=1S/C20H13ClN6O7.ClH/c21-10-2-1-3-11(4-10)23-20(31)34-8-12-7-26(9-22-12)15-5-13-14(6-16(15)27(32)33)25-18(28)17(24-13)19(29)30;/h1-7,9H,8H2,(H,23,31)(H,25,28)(H,29,30);1H. The normalized spacial score (nSPS) is 10.4. The molecule has 35 heavy (non-hydrogen) atoms. The molecule has 0 aliphatic carbocycles. The van der Waals surface area contributed by atoms with E-state index in [-0.39, 0.29) is 41.4 Å². The Morgan fingerprint density at radius 2 is 2.06 bits per heavy atom. The van der Waals surface area contributed by atoms with Crippen LogP contribution in [0.5, 0.6) is 0 Å². The van der Waals surface area contributed by atoms with Crippen molar-refractivity contribution in [2.75, 3.05) is 5.32 Å². The lowest BCUT2D eigenvalue weighted by Gasteiger charge is -2.07. The van der Waals surface area contributed by atoms with Gasteiger partial charge in [0.25, 0.3) is 11.2 Å². The van der Waals surface area contributed by atoms with Gasteiger partial charge in [-0.15, -0.1) is 12.4 Å². The van der Waals surface area contributed by atoms with Gasteiger partial charge in [-0.05, 0) is 24.3 Å². The molecule has 0 radical (unpaired) electrons. The number of carbonyl (C=O) groups is 2. The van der Waals surface area contributed by atoms with E-state index in [1.165, 1.54) is 29.2 Å². The van der Waals surface area contributed by atoms with Crippen LogP contribution in [0.1, 0.15) is 16.2 Å². The number of rotatable bonds is 6. The Kier molecular flexibility index (Phi) is 7.32. The number of nitro groups is 1. The molecule has 2 heterocycles. The largest absolute Gasteiger partial charge is 0.476 e. The van der Waals surface area contributed by atoms with E-state index in [4.69, 9.17) is 21.4 Å². The van der Waals surface area contributed by atoms with Crippen molar-refractivity contribution in [1.82, 2.24) is 19.5 Å². The fourth-order valence-corrected chi connectivity index (χ4v) is 3.23. The number of aromatic carboxylic acids is 1. The predicted molar refractivity (Wildman–Crippen MR) is 126 cm³/mol. The molecule has 4 aromatic rings. The Morgan fingerprint density at radius 3 is 2.74 bits per heavy atom. The van der Waals surface area contributed by atoms with Crippen molar-refractivity contribution in [2.24, 2.45) is 0 Å². The predicted octanol–water partition coefficient (Wildman–Crippen LogP) is 3.54. The number of carboxylic acid groups (broad SMARTS) is 1. The zero-order chi connectivity index (χ0) is 24.4. The SMILES string of the molecule is Cl.O=C(Nc1cccc(Cl)c1)OCc1cn(-c2cc3nc(C(=O)O)c(=O)[nH]c3cc2[N+](=O)[O-])cn1. The van der Waals surface area contributed by atoms with Crippen molar-refractivity contribution in [3.8, 4) is 5.69 Å². The second-order valence-electron chi connectivity index (χ2n) is 6.82. The van der Waals surface area contributed by atoms with Gasteiger partial charge in [0.2, 0.25) is 5.69 Å². The number of halogens is 2. The van der Waals surface area contributed by atoms with Gasteiger partial charge in [0.15, 0.2) is 0 Å². The molecule has 0 unspecified atom stereocenters. The first-order valence-electron chi connectivity index (χ1n) is 9.39. The first-order valence-corrected chi connectivity index (χ1v) is 9.77. The summed E-state index contributed by atoms with van der Waals surface area (Å²) in [6.07, 6.45) is 1.89. The Balaban J connectivity index is 0.00000342. The maximum atomic E-state index is 12.0. The second kappa shape index (κ2) is 10.2. The van der Waals surface area contributed by atoms with Crippen LogP contribution in [-0.4, -0.2) is 41.6 Å². The molecule has 0 spiro atoms. The molecule has 2 aromatic heterocycles. The zero-order valence-electron chi connectivity index (χ0n) is 17.3. The number of fused-ring (bicyclic) bond motifs is 1.